The molecule has 2 rings (SSSR count). The Kier molecular flexibility index (Phi) is 4.91. The van der Waals surface area contributed by atoms with Crippen LogP contribution in [-0.4, -0.2) is 18.6 Å². The molecular formula is C17H21FN2O. The van der Waals surface area contributed by atoms with Gasteiger partial charge in [-0.1, -0.05) is 19.1 Å². The summed E-state index contributed by atoms with van der Waals surface area (Å²) in [5.41, 5.74) is 4.08. The van der Waals surface area contributed by atoms with Gasteiger partial charge in [-0.05, 0) is 43.7 Å². The lowest BCUT2D eigenvalue weighted by Crippen LogP contribution is -2.23. The van der Waals surface area contributed by atoms with Crippen molar-refractivity contribution >= 4 is 0 Å². The Balaban J connectivity index is 2.52. The third-order valence-electron chi connectivity index (χ3n) is 3.68. The highest BCUT2D eigenvalue weighted by atomic mass is 19.1. The Morgan fingerprint density at radius 1 is 1.24 bits per heavy atom. The minimum absolute atomic E-state index is 0.121. The third-order valence-corrected chi connectivity index (χ3v) is 3.68. The number of pyridine rings is 1. The summed E-state index contributed by atoms with van der Waals surface area (Å²) in [7, 11) is 1.67. The highest BCUT2D eigenvalue weighted by Gasteiger charge is 2.20. The summed E-state index contributed by atoms with van der Waals surface area (Å²) in [6.07, 6.45) is 1.24. The van der Waals surface area contributed by atoms with Crippen LogP contribution in [0.1, 0.15) is 35.3 Å². The van der Waals surface area contributed by atoms with Crippen LogP contribution in [0.15, 0.2) is 30.5 Å². The van der Waals surface area contributed by atoms with Crippen LogP contribution in [0.4, 0.5) is 4.39 Å². The smallest absolute Gasteiger partial charge is 0.141 e. The van der Waals surface area contributed by atoms with Crippen molar-refractivity contribution in [1.29, 1.82) is 0 Å². The maximum absolute atomic E-state index is 13.1. The van der Waals surface area contributed by atoms with E-state index in [4.69, 9.17) is 4.74 Å². The van der Waals surface area contributed by atoms with E-state index >= 15 is 0 Å². The van der Waals surface area contributed by atoms with Gasteiger partial charge in [-0.2, -0.15) is 0 Å². The van der Waals surface area contributed by atoms with Gasteiger partial charge in [0.2, 0.25) is 0 Å². The zero-order valence-corrected chi connectivity index (χ0v) is 12.9. The number of nitrogens with zero attached hydrogens (tertiary/aromatic N) is 1. The molecule has 1 unspecified atom stereocenters. The molecule has 2 aromatic rings. The number of benzene rings is 1. The van der Waals surface area contributed by atoms with Crippen molar-refractivity contribution in [2.75, 3.05) is 13.7 Å². The van der Waals surface area contributed by atoms with Crippen LogP contribution in [0, 0.1) is 19.7 Å². The summed E-state index contributed by atoms with van der Waals surface area (Å²) < 4.78 is 18.7. The predicted molar refractivity (Wildman–Crippen MR) is 82.2 cm³/mol. The topological polar surface area (TPSA) is 34.2 Å². The van der Waals surface area contributed by atoms with Gasteiger partial charge in [0.15, 0.2) is 0 Å². The van der Waals surface area contributed by atoms with Crippen molar-refractivity contribution in [1.82, 2.24) is 10.3 Å². The Hall–Kier alpha value is -1.94. The van der Waals surface area contributed by atoms with E-state index in [0.29, 0.717) is 0 Å². The standard InChI is InChI=1S/C17H21FN2O/c1-5-19-16(15-9-7-13(18)10-20-15)14-8-6-11(2)12(3)17(14)21-4/h6-10,16,19H,5H2,1-4H3. The summed E-state index contributed by atoms with van der Waals surface area (Å²) in [6, 6.07) is 7.13. The maximum Gasteiger partial charge on any atom is 0.141 e. The van der Waals surface area contributed by atoms with Crippen LogP contribution in [-0.2, 0) is 0 Å². The summed E-state index contributed by atoms with van der Waals surface area (Å²) in [6.45, 7) is 6.91. The van der Waals surface area contributed by atoms with Crippen LogP contribution in [0.3, 0.4) is 0 Å². The second kappa shape index (κ2) is 6.68. The van der Waals surface area contributed by atoms with Crippen LogP contribution in [0.5, 0.6) is 5.75 Å². The van der Waals surface area contributed by atoms with Crippen molar-refractivity contribution in [2.45, 2.75) is 26.8 Å². The van der Waals surface area contributed by atoms with Gasteiger partial charge in [0.25, 0.3) is 0 Å². The molecule has 1 aromatic carbocycles. The number of halogens is 1. The monoisotopic (exact) mass is 288 g/mol. The molecule has 0 radical (unpaired) electrons. The van der Waals surface area contributed by atoms with E-state index in [1.54, 1.807) is 13.2 Å². The molecule has 112 valence electrons. The zero-order chi connectivity index (χ0) is 15.4. The Bertz CT molecular complexity index is 611. The highest BCUT2D eigenvalue weighted by Crippen LogP contribution is 2.33. The minimum atomic E-state index is -0.332. The molecule has 21 heavy (non-hydrogen) atoms. The fourth-order valence-electron chi connectivity index (χ4n) is 2.45. The predicted octanol–water partition coefficient (Wildman–Crippen LogP) is 3.55. The van der Waals surface area contributed by atoms with E-state index in [1.807, 2.05) is 19.9 Å². The van der Waals surface area contributed by atoms with Crippen LogP contribution in [0.2, 0.25) is 0 Å². The van der Waals surface area contributed by atoms with Gasteiger partial charge in [0.05, 0.1) is 25.0 Å². The first-order chi connectivity index (χ1) is 10.1. The first kappa shape index (κ1) is 15.4. The number of hydrogen-bond donors (Lipinski definition) is 1. The van der Waals surface area contributed by atoms with Gasteiger partial charge < -0.3 is 10.1 Å². The van der Waals surface area contributed by atoms with Crippen molar-refractivity contribution < 1.29 is 9.13 Å². The molecule has 0 aliphatic heterocycles. The van der Waals surface area contributed by atoms with Gasteiger partial charge in [0.1, 0.15) is 11.6 Å². The fraction of sp³-hybridized carbons (Fsp3) is 0.353. The molecule has 0 bridgehead atoms. The first-order valence-corrected chi connectivity index (χ1v) is 7.07. The van der Waals surface area contributed by atoms with Crippen molar-refractivity contribution in [3.8, 4) is 5.75 Å². The average molecular weight is 288 g/mol. The van der Waals surface area contributed by atoms with Crippen LogP contribution < -0.4 is 10.1 Å². The molecule has 1 atom stereocenters. The van der Waals surface area contributed by atoms with Gasteiger partial charge in [-0.25, -0.2) is 4.39 Å². The van der Waals surface area contributed by atoms with Gasteiger partial charge in [0, 0.05) is 5.56 Å². The number of rotatable bonds is 5. The van der Waals surface area contributed by atoms with Crippen molar-refractivity contribution in [2.24, 2.45) is 0 Å². The second-order valence-corrected chi connectivity index (χ2v) is 5.02. The highest BCUT2D eigenvalue weighted by molar-refractivity contribution is 5.48. The fourth-order valence-corrected chi connectivity index (χ4v) is 2.45. The number of aromatic nitrogens is 1. The zero-order valence-electron chi connectivity index (χ0n) is 12.9. The molecule has 1 aromatic heterocycles. The second-order valence-electron chi connectivity index (χ2n) is 5.02. The number of hydrogen-bond acceptors (Lipinski definition) is 3. The molecule has 1 heterocycles. The van der Waals surface area contributed by atoms with Gasteiger partial charge in [-0.3, -0.25) is 4.98 Å². The molecule has 0 aliphatic rings. The Morgan fingerprint density at radius 2 is 2.00 bits per heavy atom. The normalized spacial score (nSPS) is 12.2. The lowest BCUT2D eigenvalue weighted by Gasteiger charge is -2.22. The Labute approximate surface area is 125 Å². The molecule has 0 spiro atoms. The molecule has 0 saturated heterocycles. The number of aryl methyl sites for hydroxylation is 1. The molecule has 0 fully saturated rings. The molecule has 1 N–H and O–H groups in total. The molecular weight excluding hydrogens is 267 g/mol. The van der Waals surface area contributed by atoms with Gasteiger partial charge >= 0.3 is 0 Å². The quantitative estimate of drug-likeness (QED) is 0.913. The molecule has 3 nitrogen and oxygen atoms in total. The summed E-state index contributed by atoms with van der Waals surface area (Å²) in [5, 5.41) is 3.39. The molecule has 0 aliphatic carbocycles. The third kappa shape index (κ3) is 3.22. The summed E-state index contributed by atoms with van der Waals surface area (Å²) >= 11 is 0. The molecule has 0 saturated carbocycles. The van der Waals surface area contributed by atoms with E-state index in [0.717, 1.165) is 29.1 Å². The number of methoxy groups -OCH3 is 1. The van der Waals surface area contributed by atoms with Crippen molar-refractivity contribution in [3.05, 3.63) is 58.7 Å². The first-order valence-electron chi connectivity index (χ1n) is 7.07. The SMILES string of the molecule is CCNC(c1ccc(F)cn1)c1ccc(C)c(C)c1OC. The van der Waals surface area contributed by atoms with E-state index in [2.05, 4.69) is 23.3 Å². The molecule has 4 heteroatoms. The average Bonchev–Trinajstić information content (AvgIpc) is 2.49. The van der Waals surface area contributed by atoms with Crippen LogP contribution in [0.25, 0.3) is 0 Å². The summed E-state index contributed by atoms with van der Waals surface area (Å²) in [5.74, 6) is 0.521. The number of ether oxygens (including phenoxy) is 1. The summed E-state index contributed by atoms with van der Waals surface area (Å²) in [4.78, 5) is 4.21. The minimum Gasteiger partial charge on any atom is -0.496 e. The Morgan fingerprint density at radius 3 is 2.57 bits per heavy atom. The lowest BCUT2D eigenvalue weighted by molar-refractivity contribution is 0.400. The number of nitrogens with one attached hydrogen (secondary N) is 1. The van der Waals surface area contributed by atoms with E-state index in [9.17, 15) is 4.39 Å². The van der Waals surface area contributed by atoms with Crippen LogP contribution >= 0.6 is 0 Å². The molecule has 0 amide bonds. The maximum atomic E-state index is 13.1. The van der Waals surface area contributed by atoms with Crippen molar-refractivity contribution in [3.63, 3.8) is 0 Å². The van der Waals surface area contributed by atoms with Gasteiger partial charge in [-0.15, -0.1) is 0 Å². The van der Waals surface area contributed by atoms with E-state index < -0.39 is 0 Å². The van der Waals surface area contributed by atoms with E-state index in [-0.39, 0.29) is 11.9 Å². The van der Waals surface area contributed by atoms with E-state index in [1.165, 1.54) is 17.8 Å². The lowest BCUT2D eigenvalue weighted by atomic mass is 9.96. The largest absolute Gasteiger partial charge is 0.496 e.